The molecule has 17 heavy (non-hydrogen) atoms. The second kappa shape index (κ2) is 4.74. The third-order valence-electron chi connectivity index (χ3n) is 4.51. The van der Waals surface area contributed by atoms with Crippen LogP contribution in [-0.4, -0.2) is 6.54 Å². The fourth-order valence-corrected chi connectivity index (χ4v) is 4.25. The van der Waals surface area contributed by atoms with Crippen LogP contribution in [0.2, 0.25) is 0 Å². The lowest BCUT2D eigenvalue weighted by atomic mass is 9.92. The molecule has 94 valence electrons. The van der Waals surface area contributed by atoms with E-state index in [1.165, 1.54) is 51.5 Å². The second-order valence-corrected chi connectivity index (χ2v) is 6.88. The van der Waals surface area contributed by atoms with Gasteiger partial charge < -0.3 is 5.32 Å². The average molecular weight is 249 g/mol. The van der Waals surface area contributed by atoms with Crippen LogP contribution >= 0.6 is 11.3 Å². The monoisotopic (exact) mass is 249 g/mol. The molecule has 0 aliphatic heterocycles. The summed E-state index contributed by atoms with van der Waals surface area (Å²) in [4.78, 5) is 1.63. The lowest BCUT2D eigenvalue weighted by Crippen LogP contribution is -2.30. The molecule has 1 heterocycles. The van der Waals surface area contributed by atoms with Crippen molar-refractivity contribution in [3.8, 4) is 0 Å². The fourth-order valence-electron chi connectivity index (χ4n) is 3.26. The second-order valence-electron chi connectivity index (χ2n) is 5.87. The SMILES string of the molecule is CCCC1(CNC2CCCc3sccc32)CC1. The van der Waals surface area contributed by atoms with E-state index in [9.17, 15) is 0 Å². The number of hydrogen-bond acceptors (Lipinski definition) is 2. The van der Waals surface area contributed by atoms with Crippen molar-refractivity contribution in [1.82, 2.24) is 5.32 Å². The van der Waals surface area contributed by atoms with Gasteiger partial charge in [-0.1, -0.05) is 13.3 Å². The molecule has 3 rings (SSSR count). The molecule has 1 fully saturated rings. The highest BCUT2D eigenvalue weighted by Crippen LogP contribution is 2.49. The number of fused-ring (bicyclic) bond motifs is 1. The van der Waals surface area contributed by atoms with E-state index in [4.69, 9.17) is 0 Å². The normalized spacial score (nSPS) is 25.6. The molecule has 0 saturated heterocycles. The van der Waals surface area contributed by atoms with Gasteiger partial charge in [0, 0.05) is 17.5 Å². The summed E-state index contributed by atoms with van der Waals surface area (Å²) in [5.74, 6) is 0. The quantitative estimate of drug-likeness (QED) is 0.820. The van der Waals surface area contributed by atoms with Gasteiger partial charge in [0.25, 0.3) is 0 Å². The molecule has 1 atom stereocenters. The number of aryl methyl sites for hydroxylation is 1. The molecular formula is C15H23NS. The Labute approximate surface area is 109 Å². The van der Waals surface area contributed by atoms with Crippen molar-refractivity contribution in [1.29, 1.82) is 0 Å². The Kier molecular flexibility index (Phi) is 3.27. The maximum atomic E-state index is 3.86. The standard InChI is InChI=1S/C15H23NS/c1-2-7-15(8-9-15)11-16-13-4-3-5-14-12(13)6-10-17-14/h6,10,13,16H,2-5,7-9,11H2,1H3. The first-order valence-electron chi connectivity index (χ1n) is 7.13. The molecule has 1 unspecified atom stereocenters. The van der Waals surface area contributed by atoms with Crippen LogP contribution in [0, 0.1) is 5.41 Å². The Balaban J connectivity index is 1.60. The smallest absolute Gasteiger partial charge is 0.0331 e. The van der Waals surface area contributed by atoms with E-state index in [1.54, 1.807) is 10.4 Å². The third kappa shape index (κ3) is 2.43. The zero-order valence-electron chi connectivity index (χ0n) is 10.8. The van der Waals surface area contributed by atoms with Crippen molar-refractivity contribution in [3.05, 3.63) is 21.9 Å². The maximum Gasteiger partial charge on any atom is 0.0331 e. The van der Waals surface area contributed by atoms with Gasteiger partial charge in [-0.2, -0.15) is 0 Å². The Morgan fingerprint density at radius 1 is 1.47 bits per heavy atom. The summed E-state index contributed by atoms with van der Waals surface area (Å²) in [7, 11) is 0. The molecule has 0 bridgehead atoms. The van der Waals surface area contributed by atoms with Gasteiger partial charge in [0.1, 0.15) is 0 Å². The molecular weight excluding hydrogens is 226 g/mol. The molecule has 1 saturated carbocycles. The molecule has 2 aliphatic rings. The molecule has 2 heteroatoms. The van der Waals surface area contributed by atoms with Gasteiger partial charge in [-0.3, -0.25) is 0 Å². The summed E-state index contributed by atoms with van der Waals surface area (Å²) in [6, 6.07) is 3.00. The molecule has 1 N–H and O–H groups in total. The Bertz CT molecular complexity index is 378. The summed E-state index contributed by atoms with van der Waals surface area (Å²) < 4.78 is 0. The van der Waals surface area contributed by atoms with Gasteiger partial charge >= 0.3 is 0 Å². The van der Waals surface area contributed by atoms with Crippen molar-refractivity contribution in [3.63, 3.8) is 0 Å². The van der Waals surface area contributed by atoms with Crippen molar-refractivity contribution in [2.45, 2.75) is 57.9 Å². The van der Waals surface area contributed by atoms with E-state index in [0.717, 1.165) is 0 Å². The zero-order chi connectivity index (χ0) is 11.7. The zero-order valence-corrected chi connectivity index (χ0v) is 11.6. The van der Waals surface area contributed by atoms with Crippen LogP contribution < -0.4 is 5.32 Å². The highest BCUT2D eigenvalue weighted by atomic mass is 32.1. The summed E-state index contributed by atoms with van der Waals surface area (Å²) in [5.41, 5.74) is 2.29. The van der Waals surface area contributed by atoms with E-state index in [-0.39, 0.29) is 0 Å². The van der Waals surface area contributed by atoms with E-state index in [1.807, 2.05) is 11.3 Å². The van der Waals surface area contributed by atoms with Gasteiger partial charge in [0.05, 0.1) is 0 Å². The number of hydrogen-bond donors (Lipinski definition) is 1. The topological polar surface area (TPSA) is 12.0 Å². The van der Waals surface area contributed by atoms with E-state index in [2.05, 4.69) is 23.7 Å². The predicted molar refractivity (Wildman–Crippen MR) is 74.6 cm³/mol. The summed E-state index contributed by atoms with van der Waals surface area (Å²) in [5, 5.41) is 6.13. The summed E-state index contributed by atoms with van der Waals surface area (Å²) in [6.45, 7) is 3.57. The van der Waals surface area contributed by atoms with Crippen LogP contribution in [0.1, 0.15) is 61.9 Å². The van der Waals surface area contributed by atoms with Gasteiger partial charge in [-0.25, -0.2) is 0 Å². The summed E-state index contributed by atoms with van der Waals surface area (Å²) in [6.07, 6.45) is 9.69. The average Bonchev–Trinajstić information content (AvgIpc) is 2.92. The van der Waals surface area contributed by atoms with Crippen LogP contribution in [0.25, 0.3) is 0 Å². The Hall–Kier alpha value is -0.340. The minimum absolute atomic E-state index is 0.652. The van der Waals surface area contributed by atoms with Crippen molar-refractivity contribution in [2.24, 2.45) is 5.41 Å². The van der Waals surface area contributed by atoms with Crippen LogP contribution in [0.15, 0.2) is 11.4 Å². The first kappa shape index (κ1) is 11.7. The predicted octanol–water partition coefficient (Wildman–Crippen LogP) is 4.30. The van der Waals surface area contributed by atoms with Gasteiger partial charge in [-0.05, 0) is 60.9 Å². The molecule has 1 aromatic heterocycles. The fraction of sp³-hybridized carbons (Fsp3) is 0.733. The lowest BCUT2D eigenvalue weighted by Gasteiger charge is -2.26. The number of nitrogens with one attached hydrogen (secondary N) is 1. The van der Waals surface area contributed by atoms with E-state index >= 15 is 0 Å². The Morgan fingerprint density at radius 2 is 2.35 bits per heavy atom. The van der Waals surface area contributed by atoms with Crippen molar-refractivity contribution in [2.75, 3.05) is 6.54 Å². The summed E-state index contributed by atoms with van der Waals surface area (Å²) >= 11 is 1.95. The van der Waals surface area contributed by atoms with Crippen molar-refractivity contribution >= 4 is 11.3 Å². The van der Waals surface area contributed by atoms with Gasteiger partial charge in [-0.15, -0.1) is 11.3 Å². The van der Waals surface area contributed by atoms with Crippen LogP contribution in [0.5, 0.6) is 0 Å². The minimum atomic E-state index is 0.652. The molecule has 2 aliphatic carbocycles. The largest absolute Gasteiger partial charge is 0.309 e. The van der Waals surface area contributed by atoms with Gasteiger partial charge in [0.2, 0.25) is 0 Å². The van der Waals surface area contributed by atoms with Crippen LogP contribution in [-0.2, 0) is 6.42 Å². The van der Waals surface area contributed by atoms with Gasteiger partial charge in [0.15, 0.2) is 0 Å². The van der Waals surface area contributed by atoms with Crippen LogP contribution in [0.4, 0.5) is 0 Å². The number of rotatable bonds is 5. The minimum Gasteiger partial charge on any atom is -0.309 e. The molecule has 0 amide bonds. The number of thiophene rings is 1. The molecule has 0 aromatic carbocycles. The third-order valence-corrected chi connectivity index (χ3v) is 5.51. The maximum absolute atomic E-state index is 3.86. The van der Waals surface area contributed by atoms with Crippen LogP contribution in [0.3, 0.4) is 0 Å². The lowest BCUT2D eigenvalue weighted by molar-refractivity contribution is 0.369. The Morgan fingerprint density at radius 3 is 3.12 bits per heavy atom. The first-order chi connectivity index (χ1) is 8.33. The molecule has 0 radical (unpaired) electrons. The first-order valence-corrected chi connectivity index (χ1v) is 8.01. The van der Waals surface area contributed by atoms with Crippen molar-refractivity contribution < 1.29 is 0 Å². The highest BCUT2D eigenvalue weighted by molar-refractivity contribution is 7.10. The van der Waals surface area contributed by atoms with E-state index in [0.29, 0.717) is 11.5 Å². The molecule has 1 aromatic rings. The highest BCUT2D eigenvalue weighted by Gasteiger charge is 2.41. The van der Waals surface area contributed by atoms with E-state index < -0.39 is 0 Å². The molecule has 0 spiro atoms. The molecule has 1 nitrogen and oxygen atoms in total.